The van der Waals surface area contributed by atoms with E-state index < -0.39 is 36.7 Å². The minimum Gasteiger partial charge on any atom is -0.271 e. The Morgan fingerprint density at radius 1 is 1.28 bits per heavy atom. The number of nitrogens with one attached hydrogen (secondary N) is 1. The number of benzene rings is 1. The van der Waals surface area contributed by atoms with Gasteiger partial charge in [0, 0.05) is 0 Å². The van der Waals surface area contributed by atoms with Crippen LogP contribution in [0, 0.1) is 11.3 Å². The van der Waals surface area contributed by atoms with E-state index in [1.807, 2.05) is 6.07 Å². The molecular weight excluding hydrogens is 342 g/mol. The summed E-state index contributed by atoms with van der Waals surface area (Å²) >= 11 is 0. The molecule has 2 rings (SSSR count). The molecule has 0 aliphatic heterocycles. The van der Waals surface area contributed by atoms with Crippen LogP contribution in [-0.4, -0.2) is 21.9 Å². The Morgan fingerprint density at radius 2 is 1.96 bits per heavy atom. The fraction of sp³-hybridized carbons (Fsp3) is 0.200. The van der Waals surface area contributed by atoms with Crippen molar-refractivity contribution in [2.75, 3.05) is 0 Å². The topological polar surface area (TPSA) is 83.1 Å². The molecule has 0 saturated heterocycles. The lowest BCUT2D eigenvalue weighted by Crippen LogP contribution is -2.25. The van der Waals surface area contributed by atoms with Gasteiger partial charge in [0.05, 0.1) is 17.8 Å². The number of nitrogens with zero attached hydrogens (tertiary/aromatic N) is 4. The lowest BCUT2D eigenvalue weighted by molar-refractivity contribution is -0.121. The molecule has 1 aromatic carbocycles. The van der Waals surface area contributed by atoms with Crippen LogP contribution in [-0.2, 0) is 11.3 Å². The predicted molar refractivity (Wildman–Crippen MR) is 79.0 cm³/mol. The van der Waals surface area contributed by atoms with Gasteiger partial charge in [-0.2, -0.15) is 15.5 Å². The average molecular weight is 353 g/mol. The number of hydrazone groups is 1. The normalized spacial score (nSPS) is 11.2. The summed E-state index contributed by atoms with van der Waals surface area (Å²) < 4.78 is 51.2. The first-order valence-electron chi connectivity index (χ1n) is 6.86. The van der Waals surface area contributed by atoms with E-state index in [1.54, 1.807) is 24.3 Å². The third-order valence-electron chi connectivity index (χ3n) is 3.01. The maximum Gasteiger partial charge on any atom is 0.282 e. The molecule has 0 atom stereocenters. The molecule has 1 N–H and O–H groups in total. The Hall–Kier alpha value is -3.22. The summed E-state index contributed by atoms with van der Waals surface area (Å²) in [5.74, 6) is -0.810. The van der Waals surface area contributed by atoms with E-state index >= 15 is 0 Å². The maximum absolute atomic E-state index is 12.8. The Balaban J connectivity index is 2.00. The number of aromatic nitrogens is 2. The minimum atomic E-state index is -3.05. The number of alkyl halides is 4. The zero-order valence-electron chi connectivity index (χ0n) is 12.5. The maximum atomic E-state index is 12.8. The molecule has 6 nitrogen and oxygen atoms in total. The minimum absolute atomic E-state index is 0.453. The lowest BCUT2D eigenvalue weighted by Gasteiger charge is -2.05. The van der Waals surface area contributed by atoms with E-state index in [0.717, 1.165) is 0 Å². The van der Waals surface area contributed by atoms with E-state index in [9.17, 15) is 22.4 Å². The van der Waals surface area contributed by atoms with Gasteiger partial charge >= 0.3 is 0 Å². The summed E-state index contributed by atoms with van der Waals surface area (Å²) in [7, 11) is 0. The van der Waals surface area contributed by atoms with E-state index in [2.05, 4.69) is 15.6 Å². The number of carbonyl (C=O) groups is 1. The molecule has 0 radical (unpaired) electrons. The van der Waals surface area contributed by atoms with Gasteiger partial charge in [-0.15, -0.1) is 0 Å². The molecule has 25 heavy (non-hydrogen) atoms. The number of amides is 1. The first kappa shape index (κ1) is 18.1. The number of hydrogen-bond acceptors (Lipinski definition) is 4. The number of carbonyl (C=O) groups excluding carboxylic acids is 1. The average Bonchev–Trinajstić information content (AvgIpc) is 3.00. The second-order valence-electron chi connectivity index (χ2n) is 4.78. The van der Waals surface area contributed by atoms with Gasteiger partial charge in [0.15, 0.2) is 0 Å². The molecule has 1 aromatic heterocycles. The second kappa shape index (κ2) is 8.05. The summed E-state index contributed by atoms with van der Waals surface area (Å²) in [5.41, 5.74) is 1.52. The van der Waals surface area contributed by atoms with Gasteiger partial charge in [-0.1, -0.05) is 12.1 Å². The lowest BCUT2D eigenvalue weighted by atomic mass is 10.2. The van der Waals surface area contributed by atoms with E-state index in [4.69, 9.17) is 5.26 Å². The molecule has 10 heteroatoms. The Bertz CT molecular complexity index is 808. The molecule has 1 heterocycles. The molecule has 2 aromatic rings. The molecule has 1 amide bonds. The zero-order valence-corrected chi connectivity index (χ0v) is 12.5. The summed E-state index contributed by atoms with van der Waals surface area (Å²) in [5, 5.41) is 15.6. The summed E-state index contributed by atoms with van der Waals surface area (Å²) in [6.07, 6.45) is -4.79. The molecule has 0 aliphatic rings. The van der Waals surface area contributed by atoms with Crippen LogP contribution in [0.3, 0.4) is 0 Å². The van der Waals surface area contributed by atoms with Crippen molar-refractivity contribution in [1.29, 1.82) is 5.26 Å². The number of hydrogen-bond donors (Lipinski definition) is 1. The van der Waals surface area contributed by atoms with Gasteiger partial charge in [0.1, 0.15) is 17.9 Å². The highest BCUT2D eigenvalue weighted by Crippen LogP contribution is 2.24. The molecule has 0 aliphatic carbocycles. The van der Waals surface area contributed by atoms with Crippen LogP contribution in [0.4, 0.5) is 17.6 Å². The summed E-state index contributed by atoms with van der Waals surface area (Å²) in [6, 6.07) is 8.78. The molecule has 0 saturated carbocycles. The largest absolute Gasteiger partial charge is 0.282 e. The molecule has 130 valence electrons. The van der Waals surface area contributed by atoms with Gasteiger partial charge < -0.3 is 0 Å². The Morgan fingerprint density at radius 3 is 2.52 bits per heavy atom. The van der Waals surface area contributed by atoms with Crippen molar-refractivity contribution in [2.45, 2.75) is 19.4 Å². The zero-order chi connectivity index (χ0) is 18.4. The first-order chi connectivity index (χ1) is 11.9. The van der Waals surface area contributed by atoms with Crippen molar-refractivity contribution < 1.29 is 22.4 Å². The van der Waals surface area contributed by atoms with Crippen LogP contribution in [0.25, 0.3) is 0 Å². The van der Waals surface area contributed by atoms with Gasteiger partial charge in [-0.25, -0.2) is 23.0 Å². The SMILES string of the molecule is N#Cc1ccc(C=NNC(=O)Cn2nc(C(F)F)cc2C(F)F)cc1. The number of nitriles is 1. The van der Waals surface area contributed by atoms with Crippen molar-refractivity contribution in [3.05, 3.63) is 52.8 Å². The molecule has 0 spiro atoms. The van der Waals surface area contributed by atoms with Gasteiger partial charge in [-0.3, -0.25) is 9.48 Å². The Kier molecular flexibility index (Phi) is 5.84. The molecular formula is C15H11F4N5O. The highest BCUT2D eigenvalue weighted by molar-refractivity contribution is 5.82. The van der Waals surface area contributed by atoms with Crippen molar-refractivity contribution >= 4 is 12.1 Å². The van der Waals surface area contributed by atoms with Crippen molar-refractivity contribution in [3.63, 3.8) is 0 Å². The van der Waals surface area contributed by atoms with Crippen LogP contribution >= 0.6 is 0 Å². The fourth-order valence-electron chi connectivity index (χ4n) is 1.85. The third kappa shape index (κ3) is 4.87. The summed E-state index contributed by atoms with van der Waals surface area (Å²) in [6.45, 7) is -0.683. The smallest absolute Gasteiger partial charge is 0.271 e. The molecule has 0 unspecified atom stereocenters. The van der Waals surface area contributed by atoms with Crippen molar-refractivity contribution in [2.24, 2.45) is 5.10 Å². The monoisotopic (exact) mass is 353 g/mol. The fourth-order valence-corrected chi connectivity index (χ4v) is 1.85. The highest BCUT2D eigenvalue weighted by Gasteiger charge is 2.22. The quantitative estimate of drug-likeness (QED) is 0.492. The number of halogens is 4. The predicted octanol–water partition coefficient (Wildman–Crippen LogP) is 2.78. The van der Waals surface area contributed by atoms with Gasteiger partial charge in [-0.05, 0) is 23.8 Å². The van der Waals surface area contributed by atoms with Crippen LogP contribution in [0.5, 0.6) is 0 Å². The van der Waals surface area contributed by atoms with Crippen LogP contribution in [0.1, 0.15) is 35.4 Å². The van der Waals surface area contributed by atoms with Gasteiger partial charge in [0.25, 0.3) is 18.8 Å². The van der Waals surface area contributed by atoms with E-state index in [1.165, 1.54) is 6.21 Å². The Labute approximate surface area is 139 Å². The second-order valence-corrected chi connectivity index (χ2v) is 4.78. The number of rotatable bonds is 6. The van der Waals surface area contributed by atoms with E-state index in [0.29, 0.717) is 21.9 Å². The van der Waals surface area contributed by atoms with Crippen LogP contribution in [0.15, 0.2) is 35.4 Å². The van der Waals surface area contributed by atoms with Crippen LogP contribution < -0.4 is 5.43 Å². The molecule has 0 fully saturated rings. The third-order valence-corrected chi connectivity index (χ3v) is 3.01. The van der Waals surface area contributed by atoms with E-state index in [-0.39, 0.29) is 0 Å². The molecule has 0 bridgehead atoms. The van der Waals surface area contributed by atoms with Crippen molar-refractivity contribution in [1.82, 2.24) is 15.2 Å². The standard InChI is InChI=1S/C15H11F4N5O/c16-14(17)11-5-12(15(18)19)24(23-11)8-13(25)22-21-7-10-3-1-9(6-20)2-4-10/h1-5,7,14-15H,8H2,(H,22,25). The van der Waals surface area contributed by atoms with Crippen molar-refractivity contribution in [3.8, 4) is 6.07 Å². The first-order valence-corrected chi connectivity index (χ1v) is 6.86. The summed E-state index contributed by atoms with van der Waals surface area (Å²) in [4.78, 5) is 11.7. The van der Waals surface area contributed by atoms with Gasteiger partial charge in [0.2, 0.25) is 0 Å². The van der Waals surface area contributed by atoms with Crippen LogP contribution in [0.2, 0.25) is 0 Å². The highest BCUT2D eigenvalue weighted by atomic mass is 19.3.